The van der Waals surface area contributed by atoms with Gasteiger partial charge in [0.1, 0.15) is 0 Å². The van der Waals surface area contributed by atoms with E-state index in [4.69, 9.17) is 0 Å². The summed E-state index contributed by atoms with van der Waals surface area (Å²) in [5, 5.41) is 3.06. The number of unbranched alkanes of at least 4 members (excludes halogenated alkanes) is 1. The third-order valence-electron chi connectivity index (χ3n) is 3.64. The predicted octanol–water partition coefficient (Wildman–Crippen LogP) is 2.71. The van der Waals surface area contributed by atoms with Crippen LogP contribution in [0.5, 0.6) is 0 Å². The lowest BCUT2D eigenvalue weighted by atomic mass is 10.1. The van der Waals surface area contributed by atoms with Gasteiger partial charge in [-0.2, -0.15) is 0 Å². The van der Waals surface area contributed by atoms with Crippen molar-refractivity contribution in [3.8, 4) is 0 Å². The smallest absolute Gasteiger partial charge is 0.223 e. The van der Waals surface area contributed by atoms with Gasteiger partial charge in [-0.1, -0.05) is 18.9 Å². The number of hydrogen-bond donors (Lipinski definition) is 1. The molecule has 0 unspecified atom stereocenters. The highest BCUT2D eigenvalue weighted by molar-refractivity contribution is 5.78. The Kier molecular flexibility index (Phi) is 5.18. The second kappa shape index (κ2) is 7.14. The monoisotopic (exact) mass is 246 g/mol. The van der Waals surface area contributed by atoms with Gasteiger partial charge in [-0.25, -0.2) is 0 Å². The van der Waals surface area contributed by atoms with Gasteiger partial charge in [0.2, 0.25) is 5.91 Å². The zero-order chi connectivity index (χ0) is 12.6. The van der Waals surface area contributed by atoms with E-state index in [0.29, 0.717) is 5.92 Å². The van der Waals surface area contributed by atoms with Crippen LogP contribution in [-0.2, 0) is 11.2 Å². The number of carbonyl (C=O) groups excluding carboxylic acids is 1. The highest BCUT2D eigenvalue weighted by Gasteiger charge is 2.21. The van der Waals surface area contributed by atoms with Crippen LogP contribution in [0.1, 0.15) is 44.1 Å². The van der Waals surface area contributed by atoms with E-state index in [0.717, 1.165) is 38.6 Å². The Bertz CT molecular complexity index is 358. The molecule has 1 aliphatic carbocycles. The zero-order valence-electron chi connectivity index (χ0n) is 10.9. The number of hydrogen-bond acceptors (Lipinski definition) is 2. The average Bonchev–Trinajstić information content (AvgIpc) is 2.93. The molecule has 1 saturated carbocycles. The van der Waals surface area contributed by atoms with Crippen molar-refractivity contribution in [3.63, 3.8) is 0 Å². The molecule has 2 rings (SSSR count). The second-order valence-electron chi connectivity index (χ2n) is 5.09. The summed E-state index contributed by atoms with van der Waals surface area (Å²) < 4.78 is 0. The lowest BCUT2D eigenvalue weighted by Gasteiger charge is -2.09. The Balaban J connectivity index is 1.54. The van der Waals surface area contributed by atoms with E-state index >= 15 is 0 Å². The first kappa shape index (κ1) is 13.1. The molecule has 98 valence electrons. The van der Waals surface area contributed by atoms with E-state index in [2.05, 4.69) is 16.4 Å². The number of nitrogens with one attached hydrogen (secondary N) is 1. The maximum Gasteiger partial charge on any atom is 0.223 e. The average molecular weight is 246 g/mol. The standard InChI is InChI=1S/C15H22N2O/c18-15(14-8-1-2-9-14)17-11-4-3-6-13-7-5-10-16-12-13/h5,7,10,12,14H,1-4,6,8-9,11H2,(H,17,18). The van der Waals surface area contributed by atoms with Gasteiger partial charge in [0.05, 0.1) is 0 Å². The predicted molar refractivity (Wildman–Crippen MR) is 72.1 cm³/mol. The van der Waals surface area contributed by atoms with Crippen molar-refractivity contribution in [3.05, 3.63) is 30.1 Å². The molecule has 3 nitrogen and oxygen atoms in total. The van der Waals surface area contributed by atoms with E-state index < -0.39 is 0 Å². The Labute approximate surface area is 109 Å². The summed E-state index contributed by atoms with van der Waals surface area (Å²) in [5.74, 6) is 0.567. The molecule has 1 aliphatic rings. The quantitative estimate of drug-likeness (QED) is 0.784. The van der Waals surface area contributed by atoms with Gasteiger partial charge in [0, 0.05) is 24.9 Å². The molecule has 0 radical (unpaired) electrons. The van der Waals surface area contributed by atoms with Crippen LogP contribution >= 0.6 is 0 Å². The van der Waals surface area contributed by atoms with Crippen molar-refractivity contribution < 1.29 is 4.79 Å². The molecule has 0 saturated heterocycles. The molecule has 0 spiro atoms. The Morgan fingerprint density at radius 3 is 2.89 bits per heavy atom. The van der Waals surface area contributed by atoms with Crippen LogP contribution in [0.2, 0.25) is 0 Å². The van der Waals surface area contributed by atoms with Gasteiger partial charge >= 0.3 is 0 Å². The summed E-state index contributed by atoms with van der Waals surface area (Å²) in [4.78, 5) is 15.9. The maximum atomic E-state index is 11.8. The number of amides is 1. The maximum absolute atomic E-state index is 11.8. The fraction of sp³-hybridized carbons (Fsp3) is 0.600. The number of aromatic nitrogens is 1. The summed E-state index contributed by atoms with van der Waals surface area (Å²) in [6.07, 6.45) is 11.5. The number of pyridine rings is 1. The van der Waals surface area contributed by atoms with Crippen LogP contribution in [0, 0.1) is 5.92 Å². The van der Waals surface area contributed by atoms with E-state index in [1.807, 2.05) is 12.3 Å². The fourth-order valence-corrected chi connectivity index (χ4v) is 2.54. The van der Waals surface area contributed by atoms with Crippen molar-refractivity contribution in [2.75, 3.05) is 6.54 Å². The minimum absolute atomic E-state index is 0.272. The van der Waals surface area contributed by atoms with E-state index in [9.17, 15) is 4.79 Å². The first-order chi connectivity index (χ1) is 8.86. The lowest BCUT2D eigenvalue weighted by Crippen LogP contribution is -2.30. The number of rotatable bonds is 6. The molecule has 3 heteroatoms. The summed E-state index contributed by atoms with van der Waals surface area (Å²) >= 11 is 0. The Hall–Kier alpha value is -1.38. The summed E-state index contributed by atoms with van der Waals surface area (Å²) in [6, 6.07) is 4.07. The van der Waals surface area contributed by atoms with E-state index in [1.54, 1.807) is 6.20 Å². The van der Waals surface area contributed by atoms with Crippen LogP contribution in [0.4, 0.5) is 0 Å². The number of carbonyl (C=O) groups is 1. The SMILES string of the molecule is O=C(NCCCCc1cccnc1)C1CCCC1. The van der Waals surface area contributed by atoms with E-state index in [-0.39, 0.29) is 5.91 Å². The van der Waals surface area contributed by atoms with Crippen LogP contribution in [0.25, 0.3) is 0 Å². The summed E-state index contributed by atoms with van der Waals surface area (Å²) in [5.41, 5.74) is 1.28. The highest BCUT2D eigenvalue weighted by atomic mass is 16.1. The molecule has 1 aromatic heterocycles. The first-order valence-corrected chi connectivity index (χ1v) is 7.03. The molecule has 18 heavy (non-hydrogen) atoms. The largest absolute Gasteiger partial charge is 0.356 e. The first-order valence-electron chi connectivity index (χ1n) is 7.03. The molecular formula is C15H22N2O. The molecule has 1 N–H and O–H groups in total. The molecule has 1 aromatic rings. The Morgan fingerprint density at radius 2 is 2.17 bits per heavy atom. The number of aryl methyl sites for hydroxylation is 1. The molecule has 0 aromatic carbocycles. The summed E-state index contributed by atoms with van der Waals surface area (Å²) in [7, 11) is 0. The van der Waals surface area contributed by atoms with Crippen molar-refractivity contribution in [1.82, 2.24) is 10.3 Å². The van der Waals surface area contributed by atoms with Crippen LogP contribution in [-0.4, -0.2) is 17.4 Å². The number of nitrogens with zero attached hydrogens (tertiary/aromatic N) is 1. The molecule has 0 bridgehead atoms. The van der Waals surface area contributed by atoms with Gasteiger partial charge in [-0.3, -0.25) is 9.78 Å². The minimum atomic E-state index is 0.272. The van der Waals surface area contributed by atoms with E-state index in [1.165, 1.54) is 18.4 Å². The minimum Gasteiger partial charge on any atom is -0.356 e. The zero-order valence-corrected chi connectivity index (χ0v) is 10.9. The summed E-state index contributed by atoms with van der Waals surface area (Å²) in [6.45, 7) is 0.815. The molecule has 1 heterocycles. The molecule has 1 fully saturated rings. The fourth-order valence-electron chi connectivity index (χ4n) is 2.54. The molecule has 0 atom stereocenters. The van der Waals surface area contributed by atoms with Gasteiger partial charge in [-0.05, 0) is 43.7 Å². The van der Waals surface area contributed by atoms with Gasteiger partial charge < -0.3 is 5.32 Å². The van der Waals surface area contributed by atoms with Crippen LogP contribution in [0.3, 0.4) is 0 Å². The molecular weight excluding hydrogens is 224 g/mol. The third-order valence-corrected chi connectivity index (χ3v) is 3.64. The van der Waals surface area contributed by atoms with Crippen LogP contribution < -0.4 is 5.32 Å². The van der Waals surface area contributed by atoms with Gasteiger partial charge in [0.25, 0.3) is 0 Å². The Morgan fingerprint density at radius 1 is 1.33 bits per heavy atom. The highest BCUT2D eigenvalue weighted by Crippen LogP contribution is 2.24. The third kappa shape index (κ3) is 4.13. The topological polar surface area (TPSA) is 42.0 Å². The van der Waals surface area contributed by atoms with Gasteiger partial charge in [0.15, 0.2) is 0 Å². The van der Waals surface area contributed by atoms with Crippen LogP contribution in [0.15, 0.2) is 24.5 Å². The molecule has 0 aliphatic heterocycles. The lowest BCUT2D eigenvalue weighted by molar-refractivity contribution is -0.124. The second-order valence-corrected chi connectivity index (χ2v) is 5.09. The normalized spacial score (nSPS) is 15.8. The van der Waals surface area contributed by atoms with Crippen molar-refractivity contribution in [2.24, 2.45) is 5.92 Å². The van der Waals surface area contributed by atoms with Crippen molar-refractivity contribution in [1.29, 1.82) is 0 Å². The van der Waals surface area contributed by atoms with Crippen molar-refractivity contribution in [2.45, 2.75) is 44.9 Å². The van der Waals surface area contributed by atoms with Crippen molar-refractivity contribution >= 4 is 5.91 Å². The molecule has 1 amide bonds. The van der Waals surface area contributed by atoms with Gasteiger partial charge in [-0.15, -0.1) is 0 Å².